The van der Waals surface area contributed by atoms with Gasteiger partial charge in [-0.3, -0.25) is 0 Å². The summed E-state index contributed by atoms with van der Waals surface area (Å²) >= 11 is 0. The van der Waals surface area contributed by atoms with Crippen molar-refractivity contribution in [2.45, 2.75) is 20.1 Å². The summed E-state index contributed by atoms with van der Waals surface area (Å²) in [5, 5.41) is 11.5. The largest absolute Gasteiger partial charge is 0.374 e. The Morgan fingerprint density at radius 1 is 1.50 bits per heavy atom. The molecule has 0 amide bonds. The number of halogens is 1. The predicted octanol–water partition coefficient (Wildman–Crippen LogP) is 1.88. The zero-order chi connectivity index (χ0) is 9.14. The van der Waals surface area contributed by atoms with Crippen molar-refractivity contribution in [1.29, 1.82) is 0 Å². The van der Waals surface area contributed by atoms with Crippen LogP contribution in [0, 0.1) is 12.7 Å². The lowest BCUT2D eigenvalue weighted by Gasteiger charge is -2.09. The number of aliphatic hydroxyl groups excluding tert-OH is 1. The Labute approximate surface area is 71.0 Å². The molecule has 0 saturated heterocycles. The number of nitrogens with one attached hydrogen (secondary N) is 1. The molecule has 66 valence electrons. The third-order valence-electron chi connectivity index (χ3n) is 1.49. The van der Waals surface area contributed by atoms with Crippen LogP contribution in [0.4, 0.5) is 10.1 Å². The van der Waals surface area contributed by atoms with E-state index >= 15 is 0 Å². The van der Waals surface area contributed by atoms with Crippen molar-refractivity contribution in [3.05, 3.63) is 29.6 Å². The fraction of sp³-hybridized carbons (Fsp3) is 0.333. The van der Waals surface area contributed by atoms with E-state index in [9.17, 15) is 4.39 Å². The van der Waals surface area contributed by atoms with E-state index in [2.05, 4.69) is 5.32 Å². The van der Waals surface area contributed by atoms with Gasteiger partial charge in [0.05, 0.1) is 5.69 Å². The van der Waals surface area contributed by atoms with E-state index in [-0.39, 0.29) is 5.82 Å². The maximum atomic E-state index is 13.0. The molecule has 12 heavy (non-hydrogen) atoms. The van der Waals surface area contributed by atoms with Crippen LogP contribution in [0.1, 0.15) is 12.5 Å². The molecule has 1 aromatic rings. The Bertz CT molecular complexity index is 273. The summed E-state index contributed by atoms with van der Waals surface area (Å²) in [5.41, 5.74) is 1.19. The van der Waals surface area contributed by atoms with Gasteiger partial charge in [-0.25, -0.2) is 4.39 Å². The van der Waals surface area contributed by atoms with Crippen molar-refractivity contribution in [3.63, 3.8) is 0 Å². The second-order valence-electron chi connectivity index (χ2n) is 2.80. The molecule has 1 atom stereocenters. The van der Waals surface area contributed by atoms with Crippen molar-refractivity contribution in [2.75, 3.05) is 5.32 Å². The van der Waals surface area contributed by atoms with Gasteiger partial charge in [-0.15, -0.1) is 0 Å². The van der Waals surface area contributed by atoms with Crippen LogP contribution in [0.3, 0.4) is 0 Å². The van der Waals surface area contributed by atoms with Gasteiger partial charge in [0.2, 0.25) is 0 Å². The Balaban J connectivity index is 2.86. The molecule has 0 heterocycles. The third kappa shape index (κ3) is 2.20. The van der Waals surface area contributed by atoms with Crippen LogP contribution in [0.15, 0.2) is 18.2 Å². The lowest BCUT2D eigenvalue weighted by molar-refractivity contribution is 0.224. The first kappa shape index (κ1) is 9.00. The fourth-order valence-electron chi connectivity index (χ4n) is 0.962. The highest BCUT2D eigenvalue weighted by Crippen LogP contribution is 2.15. The average molecular weight is 169 g/mol. The Morgan fingerprint density at radius 2 is 2.17 bits per heavy atom. The standard InChI is InChI=1S/C9H12FNO/c1-6-3-4-9(8(10)5-6)11-7(2)12/h3-5,7,11-12H,1-2H3. The van der Waals surface area contributed by atoms with Crippen molar-refractivity contribution < 1.29 is 9.50 Å². The minimum Gasteiger partial charge on any atom is -0.374 e. The fourth-order valence-corrected chi connectivity index (χ4v) is 0.962. The highest BCUT2D eigenvalue weighted by Gasteiger charge is 2.02. The van der Waals surface area contributed by atoms with Gasteiger partial charge in [0.15, 0.2) is 0 Å². The van der Waals surface area contributed by atoms with Gasteiger partial charge in [-0.05, 0) is 31.5 Å². The first-order valence-corrected chi connectivity index (χ1v) is 3.80. The second kappa shape index (κ2) is 3.54. The molecule has 0 bridgehead atoms. The monoisotopic (exact) mass is 169 g/mol. The Hall–Kier alpha value is -1.09. The topological polar surface area (TPSA) is 32.3 Å². The summed E-state index contributed by atoms with van der Waals surface area (Å²) in [6, 6.07) is 4.82. The minimum absolute atomic E-state index is 0.329. The van der Waals surface area contributed by atoms with Crippen molar-refractivity contribution in [2.24, 2.45) is 0 Å². The van der Waals surface area contributed by atoms with Gasteiger partial charge < -0.3 is 10.4 Å². The summed E-state index contributed by atoms with van der Waals surface area (Å²) in [6.45, 7) is 3.36. The maximum absolute atomic E-state index is 13.0. The van der Waals surface area contributed by atoms with Crippen LogP contribution in [0.5, 0.6) is 0 Å². The van der Waals surface area contributed by atoms with Gasteiger partial charge >= 0.3 is 0 Å². The van der Waals surface area contributed by atoms with Crippen LogP contribution >= 0.6 is 0 Å². The molecule has 0 aliphatic heterocycles. The highest BCUT2D eigenvalue weighted by molar-refractivity contribution is 5.46. The van der Waals surface area contributed by atoms with E-state index in [1.165, 1.54) is 6.07 Å². The van der Waals surface area contributed by atoms with Gasteiger partial charge in [0, 0.05) is 0 Å². The van der Waals surface area contributed by atoms with Gasteiger partial charge in [-0.2, -0.15) is 0 Å². The van der Waals surface area contributed by atoms with Gasteiger partial charge in [0.1, 0.15) is 12.0 Å². The smallest absolute Gasteiger partial charge is 0.146 e. The lowest BCUT2D eigenvalue weighted by Crippen LogP contribution is -2.14. The molecule has 0 spiro atoms. The SMILES string of the molecule is Cc1ccc(NC(C)O)c(F)c1. The van der Waals surface area contributed by atoms with E-state index in [0.29, 0.717) is 5.69 Å². The molecular weight excluding hydrogens is 157 g/mol. The van der Waals surface area contributed by atoms with Gasteiger partial charge in [-0.1, -0.05) is 6.07 Å². The van der Waals surface area contributed by atoms with E-state index in [0.717, 1.165) is 5.56 Å². The summed E-state index contributed by atoms with van der Waals surface area (Å²) in [6.07, 6.45) is -0.734. The number of hydrogen-bond donors (Lipinski definition) is 2. The predicted molar refractivity (Wildman–Crippen MR) is 46.4 cm³/mol. The number of benzene rings is 1. The van der Waals surface area contributed by atoms with E-state index < -0.39 is 6.23 Å². The first-order chi connectivity index (χ1) is 5.59. The molecule has 2 N–H and O–H groups in total. The minimum atomic E-state index is -0.734. The molecule has 0 aliphatic rings. The molecule has 0 aliphatic carbocycles. The molecule has 0 fully saturated rings. The van der Waals surface area contributed by atoms with Crippen LogP contribution in [0.2, 0.25) is 0 Å². The number of aryl methyl sites for hydroxylation is 1. The number of aliphatic hydroxyl groups is 1. The number of anilines is 1. The van der Waals surface area contributed by atoms with Crippen molar-refractivity contribution >= 4 is 5.69 Å². The van der Waals surface area contributed by atoms with Crippen LogP contribution in [0.25, 0.3) is 0 Å². The summed E-state index contributed by atoms with van der Waals surface area (Å²) in [5.74, 6) is -0.337. The third-order valence-corrected chi connectivity index (χ3v) is 1.49. The van der Waals surface area contributed by atoms with E-state index in [4.69, 9.17) is 5.11 Å². The zero-order valence-corrected chi connectivity index (χ0v) is 7.13. The molecule has 0 saturated carbocycles. The van der Waals surface area contributed by atoms with Crippen molar-refractivity contribution in [3.8, 4) is 0 Å². The average Bonchev–Trinajstić information content (AvgIpc) is 1.94. The molecule has 0 radical (unpaired) electrons. The first-order valence-electron chi connectivity index (χ1n) is 3.80. The summed E-state index contributed by atoms with van der Waals surface area (Å²) in [7, 11) is 0. The molecule has 3 heteroatoms. The van der Waals surface area contributed by atoms with Crippen LogP contribution in [-0.2, 0) is 0 Å². The Morgan fingerprint density at radius 3 is 2.67 bits per heavy atom. The van der Waals surface area contributed by atoms with Gasteiger partial charge in [0.25, 0.3) is 0 Å². The van der Waals surface area contributed by atoms with E-state index in [1.54, 1.807) is 19.1 Å². The lowest BCUT2D eigenvalue weighted by atomic mass is 10.2. The quantitative estimate of drug-likeness (QED) is 0.662. The van der Waals surface area contributed by atoms with Crippen molar-refractivity contribution in [1.82, 2.24) is 0 Å². The molecule has 1 aromatic carbocycles. The summed E-state index contributed by atoms with van der Waals surface area (Å²) < 4.78 is 13.0. The normalized spacial score (nSPS) is 12.7. The number of hydrogen-bond acceptors (Lipinski definition) is 2. The maximum Gasteiger partial charge on any atom is 0.146 e. The molecule has 1 rings (SSSR count). The van der Waals surface area contributed by atoms with Crippen LogP contribution in [-0.4, -0.2) is 11.3 Å². The molecule has 0 aromatic heterocycles. The Kier molecular flexibility index (Phi) is 2.65. The molecular formula is C9H12FNO. The molecule has 2 nitrogen and oxygen atoms in total. The number of rotatable bonds is 2. The second-order valence-corrected chi connectivity index (χ2v) is 2.80. The zero-order valence-electron chi connectivity index (χ0n) is 7.13. The van der Waals surface area contributed by atoms with E-state index in [1.807, 2.05) is 6.92 Å². The van der Waals surface area contributed by atoms with Crippen LogP contribution < -0.4 is 5.32 Å². The molecule has 1 unspecified atom stereocenters. The summed E-state index contributed by atoms with van der Waals surface area (Å²) in [4.78, 5) is 0. The highest BCUT2D eigenvalue weighted by atomic mass is 19.1.